The van der Waals surface area contributed by atoms with Crippen molar-refractivity contribution in [3.8, 4) is 0 Å². The van der Waals surface area contributed by atoms with Crippen molar-refractivity contribution in [2.45, 2.75) is 36.6 Å². The number of carbonyl (C=O) groups is 3. The highest BCUT2D eigenvalue weighted by molar-refractivity contribution is 7.89. The molecular formula is C17H20N2O6S. The summed E-state index contributed by atoms with van der Waals surface area (Å²) < 4.78 is 26.9. The van der Waals surface area contributed by atoms with Crippen molar-refractivity contribution in [2.24, 2.45) is 5.92 Å². The normalized spacial score (nSPS) is 23.0. The number of amides is 1. The van der Waals surface area contributed by atoms with Crippen LogP contribution in [0.15, 0.2) is 29.2 Å². The fourth-order valence-electron chi connectivity index (χ4n) is 3.73. The molecule has 1 aromatic rings. The Bertz CT molecular complexity index is 854. The number of benzene rings is 1. The van der Waals surface area contributed by atoms with Crippen LogP contribution in [0.2, 0.25) is 0 Å². The molecule has 2 aliphatic rings. The van der Waals surface area contributed by atoms with Crippen LogP contribution in [0.25, 0.3) is 0 Å². The van der Waals surface area contributed by atoms with Gasteiger partial charge in [-0.15, -0.1) is 0 Å². The Kier molecular flexibility index (Phi) is 4.61. The largest absolute Gasteiger partial charge is 0.481 e. The third kappa shape index (κ3) is 3.12. The van der Waals surface area contributed by atoms with E-state index in [0.717, 1.165) is 0 Å². The van der Waals surface area contributed by atoms with Crippen molar-refractivity contribution in [3.63, 3.8) is 0 Å². The Morgan fingerprint density at radius 3 is 2.27 bits per heavy atom. The molecule has 9 heteroatoms. The molecule has 2 N–H and O–H groups in total. The third-order valence-corrected chi connectivity index (χ3v) is 7.17. The number of hydrogen-bond donors (Lipinski definition) is 2. The number of carbonyl (C=O) groups excluding carboxylic acids is 2. The van der Waals surface area contributed by atoms with Gasteiger partial charge in [0.2, 0.25) is 15.9 Å². The minimum atomic E-state index is -3.74. The molecule has 0 unspecified atom stereocenters. The molecule has 2 fully saturated rings. The van der Waals surface area contributed by atoms with Crippen LogP contribution in [0.4, 0.5) is 0 Å². The lowest BCUT2D eigenvalue weighted by atomic mass is 9.78. The number of nitrogens with one attached hydrogen (secondary N) is 1. The molecule has 2 heterocycles. The van der Waals surface area contributed by atoms with Crippen molar-refractivity contribution in [2.75, 3.05) is 13.1 Å². The summed E-state index contributed by atoms with van der Waals surface area (Å²) in [6.45, 7) is 1.66. The maximum atomic E-state index is 12.8. The van der Waals surface area contributed by atoms with Gasteiger partial charge in [0.15, 0.2) is 5.78 Å². The van der Waals surface area contributed by atoms with Gasteiger partial charge >= 0.3 is 5.97 Å². The summed E-state index contributed by atoms with van der Waals surface area (Å²) in [5, 5.41) is 12.1. The van der Waals surface area contributed by atoms with Gasteiger partial charge in [0.1, 0.15) is 0 Å². The van der Waals surface area contributed by atoms with Gasteiger partial charge in [-0.3, -0.25) is 14.4 Å². The first kappa shape index (κ1) is 18.5. The summed E-state index contributed by atoms with van der Waals surface area (Å²) >= 11 is 0. The molecule has 1 spiro atoms. The van der Waals surface area contributed by atoms with Crippen LogP contribution in [0.3, 0.4) is 0 Å². The molecule has 2 saturated heterocycles. The van der Waals surface area contributed by atoms with E-state index >= 15 is 0 Å². The van der Waals surface area contributed by atoms with Crippen molar-refractivity contribution in [3.05, 3.63) is 29.8 Å². The van der Waals surface area contributed by atoms with E-state index in [1.807, 2.05) is 0 Å². The van der Waals surface area contributed by atoms with E-state index in [-0.39, 0.29) is 48.9 Å². The molecule has 1 atom stereocenters. The second-order valence-electron chi connectivity index (χ2n) is 6.78. The van der Waals surface area contributed by atoms with Gasteiger partial charge in [0, 0.05) is 25.1 Å². The Hall–Kier alpha value is -2.26. The van der Waals surface area contributed by atoms with Crippen LogP contribution in [0.5, 0.6) is 0 Å². The van der Waals surface area contributed by atoms with Crippen LogP contribution in [0.1, 0.15) is 36.5 Å². The molecule has 0 radical (unpaired) electrons. The van der Waals surface area contributed by atoms with Gasteiger partial charge in [-0.05, 0) is 31.9 Å². The zero-order valence-electron chi connectivity index (χ0n) is 14.3. The van der Waals surface area contributed by atoms with E-state index < -0.39 is 27.4 Å². The zero-order valence-corrected chi connectivity index (χ0v) is 15.1. The van der Waals surface area contributed by atoms with E-state index in [2.05, 4.69) is 5.32 Å². The lowest BCUT2D eigenvalue weighted by Crippen LogP contribution is -2.56. The number of carboxylic acids is 1. The number of rotatable bonds is 4. The number of hydrogen-bond acceptors (Lipinski definition) is 5. The Morgan fingerprint density at radius 2 is 1.77 bits per heavy atom. The zero-order chi connectivity index (χ0) is 19.1. The molecule has 3 rings (SSSR count). The Morgan fingerprint density at radius 1 is 1.19 bits per heavy atom. The molecule has 0 aromatic heterocycles. The lowest BCUT2D eigenvalue weighted by molar-refractivity contribution is -0.144. The number of sulfonamides is 1. The number of ketones is 1. The number of Topliss-reactive ketones (excluding diaryl/α,β-unsaturated/α-hetero) is 1. The van der Waals surface area contributed by atoms with Gasteiger partial charge in [-0.25, -0.2) is 8.42 Å². The molecule has 0 aliphatic carbocycles. The first-order valence-corrected chi connectivity index (χ1v) is 9.75. The second-order valence-corrected chi connectivity index (χ2v) is 8.72. The van der Waals surface area contributed by atoms with Gasteiger partial charge in [0.05, 0.1) is 16.4 Å². The minimum absolute atomic E-state index is 0.0748. The van der Waals surface area contributed by atoms with E-state index in [9.17, 15) is 27.9 Å². The maximum Gasteiger partial charge on any atom is 0.309 e. The smallest absolute Gasteiger partial charge is 0.309 e. The Labute approximate surface area is 151 Å². The summed E-state index contributed by atoms with van der Waals surface area (Å²) in [6, 6.07) is 5.73. The van der Waals surface area contributed by atoms with Crippen molar-refractivity contribution in [1.29, 1.82) is 0 Å². The minimum Gasteiger partial charge on any atom is -0.481 e. The Balaban J connectivity index is 1.77. The first-order chi connectivity index (χ1) is 12.2. The average molecular weight is 380 g/mol. The monoisotopic (exact) mass is 380 g/mol. The standard InChI is InChI=1S/C17H20N2O6S/c1-11(20)12-2-4-13(5-3-12)26(24,25)19-8-6-17(7-9-19)14(16(22)23)10-15(21)18-17/h2-5,14H,6-10H2,1H3,(H,18,21)(H,22,23)/t14-/m0/s1. The maximum absolute atomic E-state index is 12.8. The van der Waals surface area contributed by atoms with E-state index in [0.29, 0.717) is 5.56 Å². The van der Waals surface area contributed by atoms with Gasteiger partial charge in [-0.2, -0.15) is 4.31 Å². The fourth-order valence-corrected chi connectivity index (χ4v) is 5.17. The van der Waals surface area contributed by atoms with Gasteiger partial charge < -0.3 is 10.4 Å². The first-order valence-electron chi connectivity index (χ1n) is 8.31. The van der Waals surface area contributed by atoms with Gasteiger partial charge in [0.25, 0.3) is 0 Å². The summed E-state index contributed by atoms with van der Waals surface area (Å²) in [7, 11) is -3.74. The van der Waals surface area contributed by atoms with Crippen LogP contribution in [0, 0.1) is 5.92 Å². The van der Waals surface area contributed by atoms with Crippen LogP contribution in [-0.2, 0) is 19.6 Å². The fraction of sp³-hybridized carbons (Fsp3) is 0.471. The third-order valence-electron chi connectivity index (χ3n) is 5.26. The molecule has 8 nitrogen and oxygen atoms in total. The molecule has 1 amide bonds. The topological polar surface area (TPSA) is 121 Å². The predicted octanol–water partition coefficient (Wildman–Crippen LogP) is 0.633. The highest BCUT2D eigenvalue weighted by Crippen LogP contribution is 2.38. The van der Waals surface area contributed by atoms with Crippen molar-refractivity contribution >= 4 is 27.7 Å². The molecule has 1 aromatic carbocycles. The number of carboxylic acid groups (broad SMARTS) is 1. The average Bonchev–Trinajstić information content (AvgIpc) is 2.91. The predicted molar refractivity (Wildman–Crippen MR) is 91.1 cm³/mol. The summed E-state index contributed by atoms with van der Waals surface area (Å²) in [6.07, 6.45) is 0.426. The summed E-state index contributed by atoms with van der Waals surface area (Å²) in [5.74, 6) is -2.34. The van der Waals surface area contributed by atoms with E-state index in [4.69, 9.17) is 0 Å². The van der Waals surface area contributed by atoms with E-state index in [1.54, 1.807) is 0 Å². The SMILES string of the molecule is CC(=O)c1ccc(S(=O)(=O)N2CCC3(CC2)NC(=O)C[C@H]3C(=O)O)cc1. The van der Waals surface area contributed by atoms with Crippen LogP contribution < -0.4 is 5.32 Å². The summed E-state index contributed by atoms with van der Waals surface area (Å²) in [5.41, 5.74) is -0.451. The quantitative estimate of drug-likeness (QED) is 0.739. The summed E-state index contributed by atoms with van der Waals surface area (Å²) in [4.78, 5) is 34.5. The molecular weight excluding hydrogens is 360 g/mol. The highest BCUT2D eigenvalue weighted by Gasteiger charge is 2.52. The van der Waals surface area contributed by atoms with Crippen LogP contribution in [-0.4, -0.2) is 54.1 Å². The van der Waals surface area contributed by atoms with Crippen molar-refractivity contribution < 1.29 is 27.9 Å². The van der Waals surface area contributed by atoms with Gasteiger partial charge in [-0.1, -0.05) is 12.1 Å². The lowest BCUT2D eigenvalue weighted by Gasteiger charge is -2.40. The van der Waals surface area contributed by atoms with E-state index in [1.165, 1.54) is 35.5 Å². The van der Waals surface area contributed by atoms with Crippen LogP contribution >= 0.6 is 0 Å². The number of nitrogens with zero attached hydrogens (tertiary/aromatic N) is 1. The molecule has 26 heavy (non-hydrogen) atoms. The number of aliphatic carboxylic acids is 1. The molecule has 0 saturated carbocycles. The highest BCUT2D eigenvalue weighted by atomic mass is 32.2. The van der Waals surface area contributed by atoms with Crippen molar-refractivity contribution in [1.82, 2.24) is 9.62 Å². The molecule has 0 bridgehead atoms. The molecule has 140 valence electrons. The number of piperidine rings is 1. The second kappa shape index (κ2) is 6.48. The molecule has 2 aliphatic heterocycles.